The molecule has 0 unspecified atom stereocenters. The van der Waals surface area contributed by atoms with Gasteiger partial charge in [-0.1, -0.05) is 13.0 Å². The lowest BCUT2D eigenvalue weighted by atomic mass is 10.0. The Bertz CT molecular complexity index is 848. The van der Waals surface area contributed by atoms with Crippen LogP contribution in [0.15, 0.2) is 11.0 Å². The number of benzene rings is 1. The molecular weight excluding hydrogens is 386 g/mol. The molecule has 2 aliphatic heterocycles. The zero-order chi connectivity index (χ0) is 21.3. The Balaban J connectivity index is 1.65. The van der Waals surface area contributed by atoms with Crippen LogP contribution in [0, 0.1) is 33.6 Å². The highest BCUT2D eigenvalue weighted by Gasteiger charge is 2.34. The zero-order valence-electron chi connectivity index (χ0n) is 18.5. The van der Waals surface area contributed by atoms with E-state index in [1.165, 1.54) is 11.3 Å². The lowest BCUT2D eigenvalue weighted by Gasteiger charge is -2.35. The third-order valence-corrected chi connectivity index (χ3v) is 8.91. The van der Waals surface area contributed by atoms with Crippen molar-refractivity contribution in [3.05, 3.63) is 28.3 Å². The molecule has 0 bridgehead atoms. The van der Waals surface area contributed by atoms with Crippen LogP contribution in [0.3, 0.4) is 0 Å². The van der Waals surface area contributed by atoms with Crippen molar-refractivity contribution in [2.45, 2.75) is 52.4 Å². The first kappa shape index (κ1) is 22.2. The maximum Gasteiger partial charge on any atom is 0.277 e. The van der Waals surface area contributed by atoms with E-state index in [0.29, 0.717) is 43.5 Å². The lowest BCUT2D eigenvalue weighted by molar-refractivity contribution is -0.896. The van der Waals surface area contributed by atoms with Gasteiger partial charge in [0.25, 0.3) is 5.91 Å². The molecule has 0 aliphatic carbocycles. The Morgan fingerprint density at radius 2 is 1.66 bits per heavy atom. The van der Waals surface area contributed by atoms with Crippen LogP contribution in [0.4, 0.5) is 0 Å². The van der Waals surface area contributed by atoms with Gasteiger partial charge in [0.1, 0.15) is 0 Å². The van der Waals surface area contributed by atoms with Gasteiger partial charge in [0.05, 0.1) is 31.1 Å². The first-order valence-corrected chi connectivity index (χ1v) is 12.2. The Labute approximate surface area is 175 Å². The SMILES string of the molecule is Cc1cc(C)c(C)c(S(=O)(=O)N2CC[NH+](CC(=O)N3CCC[C@H](C)C3)CC2)c1C. The topological polar surface area (TPSA) is 62.1 Å². The molecule has 0 spiro atoms. The highest BCUT2D eigenvalue weighted by atomic mass is 32.2. The number of carbonyl (C=O) groups excluding carboxylic acids is 1. The number of sulfonamides is 1. The van der Waals surface area contributed by atoms with Gasteiger partial charge in [-0.15, -0.1) is 0 Å². The Kier molecular flexibility index (Phi) is 6.70. The van der Waals surface area contributed by atoms with E-state index in [-0.39, 0.29) is 5.91 Å². The Morgan fingerprint density at radius 3 is 2.21 bits per heavy atom. The maximum absolute atomic E-state index is 13.4. The number of carbonyl (C=O) groups is 1. The van der Waals surface area contributed by atoms with E-state index in [9.17, 15) is 13.2 Å². The number of piperazine rings is 1. The van der Waals surface area contributed by atoms with E-state index < -0.39 is 10.0 Å². The van der Waals surface area contributed by atoms with Crippen molar-refractivity contribution in [1.82, 2.24) is 9.21 Å². The van der Waals surface area contributed by atoms with E-state index in [1.54, 1.807) is 4.31 Å². The van der Waals surface area contributed by atoms with Crippen LogP contribution in [0.5, 0.6) is 0 Å². The fourth-order valence-corrected chi connectivity index (χ4v) is 6.68. The lowest BCUT2D eigenvalue weighted by Crippen LogP contribution is -3.15. The second kappa shape index (κ2) is 8.74. The fourth-order valence-electron chi connectivity index (χ4n) is 4.66. The van der Waals surface area contributed by atoms with Crippen LogP contribution in [0.1, 0.15) is 42.0 Å². The fraction of sp³-hybridized carbons (Fsp3) is 0.682. The van der Waals surface area contributed by atoms with Crippen LogP contribution >= 0.6 is 0 Å². The minimum absolute atomic E-state index is 0.212. The summed E-state index contributed by atoms with van der Waals surface area (Å²) in [4.78, 5) is 16.3. The summed E-state index contributed by atoms with van der Waals surface area (Å²) in [6.07, 6.45) is 2.29. The van der Waals surface area contributed by atoms with Crippen molar-refractivity contribution in [2.24, 2.45) is 5.92 Å². The van der Waals surface area contributed by atoms with E-state index in [1.807, 2.05) is 32.6 Å². The zero-order valence-corrected chi connectivity index (χ0v) is 19.4. The summed E-state index contributed by atoms with van der Waals surface area (Å²) in [5, 5.41) is 0. The summed E-state index contributed by atoms with van der Waals surface area (Å²) in [5.41, 5.74) is 3.71. The first-order chi connectivity index (χ1) is 13.6. The number of quaternary nitrogens is 1. The van der Waals surface area contributed by atoms with Gasteiger partial charge < -0.3 is 9.80 Å². The number of hydrogen-bond acceptors (Lipinski definition) is 3. The average molecular weight is 423 g/mol. The van der Waals surface area contributed by atoms with Gasteiger partial charge in [0, 0.05) is 13.1 Å². The molecule has 1 aromatic rings. The van der Waals surface area contributed by atoms with Crippen molar-refractivity contribution in [3.63, 3.8) is 0 Å². The molecule has 0 aromatic heterocycles. The van der Waals surface area contributed by atoms with Crippen LogP contribution in [-0.2, 0) is 14.8 Å². The molecular formula is C22H36N3O3S+. The molecule has 0 saturated carbocycles. The van der Waals surface area contributed by atoms with Crippen molar-refractivity contribution < 1.29 is 18.1 Å². The largest absolute Gasteiger partial charge is 0.338 e. The normalized spacial score (nSPS) is 22.1. The highest BCUT2D eigenvalue weighted by Crippen LogP contribution is 2.28. The van der Waals surface area contributed by atoms with E-state index in [2.05, 4.69) is 13.0 Å². The van der Waals surface area contributed by atoms with Crippen LogP contribution in [0.2, 0.25) is 0 Å². The smallest absolute Gasteiger partial charge is 0.277 e. The predicted octanol–water partition coefficient (Wildman–Crippen LogP) is 1.07. The molecule has 2 aliphatic rings. The summed E-state index contributed by atoms with van der Waals surface area (Å²) in [6.45, 7) is 14.4. The summed E-state index contributed by atoms with van der Waals surface area (Å²) in [7, 11) is -3.52. The summed E-state index contributed by atoms with van der Waals surface area (Å²) in [5.74, 6) is 0.790. The monoisotopic (exact) mass is 422 g/mol. The third kappa shape index (κ3) is 4.67. The Hall–Kier alpha value is -1.44. The van der Waals surface area contributed by atoms with Crippen LogP contribution < -0.4 is 4.90 Å². The van der Waals surface area contributed by atoms with E-state index in [0.717, 1.165) is 41.8 Å². The number of likely N-dealkylation sites (tertiary alicyclic amines) is 1. The number of hydrogen-bond donors (Lipinski definition) is 1. The van der Waals surface area contributed by atoms with Gasteiger partial charge in [0.15, 0.2) is 6.54 Å². The van der Waals surface area contributed by atoms with Crippen LogP contribution in [-0.4, -0.2) is 69.3 Å². The Morgan fingerprint density at radius 1 is 1.07 bits per heavy atom. The number of rotatable bonds is 4. The van der Waals surface area contributed by atoms with Gasteiger partial charge in [-0.2, -0.15) is 4.31 Å². The highest BCUT2D eigenvalue weighted by molar-refractivity contribution is 7.89. The summed E-state index contributed by atoms with van der Waals surface area (Å²) in [6, 6.07) is 2.05. The molecule has 1 N–H and O–H groups in total. The molecule has 7 heteroatoms. The average Bonchev–Trinajstić information content (AvgIpc) is 2.67. The number of aryl methyl sites for hydroxylation is 2. The number of piperidine rings is 1. The molecule has 6 nitrogen and oxygen atoms in total. The van der Waals surface area contributed by atoms with Crippen molar-refractivity contribution in [1.29, 1.82) is 0 Å². The quantitative estimate of drug-likeness (QED) is 0.790. The van der Waals surface area contributed by atoms with Crippen LogP contribution in [0.25, 0.3) is 0 Å². The standard InChI is InChI=1S/C22H35N3O3S/c1-16-7-6-8-24(14-16)21(26)15-23-9-11-25(12-10-23)29(27,28)22-19(4)17(2)13-18(3)20(22)5/h13,16H,6-12,14-15H2,1-5H3/p+1/t16-/m0/s1. The van der Waals surface area contributed by atoms with E-state index >= 15 is 0 Å². The van der Waals surface area contributed by atoms with Gasteiger partial charge in [-0.25, -0.2) is 8.42 Å². The maximum atomic E-state index is 13.4. The van der Waals surface area contributed by atoms with Gasteiger partial charge >= 0.3 is 0 Å². The molecule has 0 radical (unpaired) electrons. The molecule has 1 aromatic carbocycles. The third-order valence-electron chi connectivity index (χ3n) is 6.74. The summed E-state index contributed by atoms with van der Waals surface area (Å²) >= 11 is 0. The van der Waals surface area contributed by atoms with Gasteiger partial charge in [-0.3, -0.25) is 4.79 Å². The van der Waals surface area contributed by atoms with Crippen molar-refractivity contribution in [2.75, 3.05) is 45.8 Å². The number of nitrogens with zero attached hydrogens (tertiary/aromatic N) is 2. The number of amides is 1. The predicted molar refractivity (Wildman–Crippen MR) is 115 cm³/mol. The molecule has 2 saturated heterocycles. The van der Waals surface area contributed by atoms with Crippen molar-refractivity contribution in [3.8, 4) is 0 Å². The molecule has 1 atom stereocenters. The minimum atomic E-state index is -3.52. The molecule has 3 rings (SSSR count). The van der Waals surface area contributed by atoms with Gasteiger partial charge in [0.2, 0.25) is 10.0 Å². The molecule has 162 valence electrons. The molecule has 1 amide bonds. The molecule has 2 heterocycles. The number of nitrogens with one attached hydrogen (secondary N) is 1. The summed E-state index contributed by atoms with van der Waals surface area (Å²) < 4.78 is 28.4. The second-order valence-corrected chi connectivity index (χ2v) is 10.9. The first-order valence-electron chi connectivity index (χ1n) is 10.8. The second-order valence-electron chi connectivity index (χ2n) is 9.01. The van der Waals surface area contributed by atoms with Gasteiger partial charge in [-0.05, 0) is 68.7 Å². The molecule has 2 fully saturated rings. The van der Waals surface area contributed by atoms with E-state index in [4.69, 9.17) is 0 Å². The van der Waals surface area contributed by atoms with Crippen molar-refractivity contribution >= 4 is 15.9 Å². The minimum Gasteiger partial charge on any atom is -0.338 e. The molecule has 29 heavy (non-hydrogen) atoms.